The highest BCUT2D eigenvalue weighted by Crippen LogP contribution is 2.28. The molecule has 1 unspecified atom stereocenters. The highest BCUT2D eigenvalue weighted by molar-refractivity contribution is 5.87. The van der Waals surface area contributed by atoms with E-state index >= 15 is 0 Å². The molecule has 0 spiro atoms. The van der Waals surface area contributed by atoms with E-state index in [0.717, 1.165) is 29.3 Å². The molecule has 1 atom stereocenters. The molecule has 0 aliphatic carbocycles. The van der Waals surface area contributed by atoms with Gasteiger partial charge in [-0.1, -0.05) is 44.0 Å². The number of carbonyl (C=O) groups is 1. The van der Waals surface area contributed by atoms with Crippen LogP contribution < -0.4 is 0 Å². The number of carboxylic acid groups (broad SMARTS) is 1. The van der Waals surface area contributed by atoms with E-state index in [9.17, 15) is 9.90 Å². The SMILES string of the molecule is CCCCC(C(=O)O)c1cccc2cccnc12. The lowest BCUT2D eigenvalue weighted by Crippen LogP contribution is -2.12. The zero-order chi connectivity index (χ0) is 13.0. The number of pyridine rings is 1. The third-order valence-electron chi connectivity index (χ3n) is 3.18. The number of aromatic nitrogens is 1. The Balaban J connectivity index is 2.46. The first kappa shape index (κ1) is 12.6. The van der Waals surface area contributed by atoms with E-state index < -0.39 is 11.9 Å². The van der Waals surface area contributed by atoms with Gasteiger partial charge < -0.3 is 5.11 Å². The number of rotatable bonds is 5. The molecule has 18 heavy (non-hydrogen) atoms. The Morgan fingerprint density at radius 2 is 2.11 bits per heavy atom. The fraction of sp³-hybridized carbons (Fsp3) is 0.333. The molecule has 94 valence electrons. The molecule has 0 aliphatic heterocycles. The van der Waals surface area contributed by atoms with E-state index in [1.165, 1.54) is 0 Å². The van der Waals surface area contributed by atoms with Crippen molar-refractivity contribution in [1.29, 1.82) is 0 Å². The van der Waals surface area contributed by atoms with Crippen molar-refractivity contribution >= 4 is 16.9 Å². The van der Waals surface area contributed by atoms with E-state index in [-0.39, 0.29) is 0 Å². The second-order valence-corrected chi connectivity index (χ2v) is 4.46. The predicted molar refractivity (Wildman–Crippen MR) is 71.6 cm³/mol. The minimum Gasteiger partial charge on any atom is -0.481 e. The molecule has 0 amide bonds. The van der Waals surface area contributed by atoms with Gasteiger partial charge in [0.05, 0.1) is 11.4 Å². The number of unbranched alkanes of at least 4 members (excludes halogenated alkanes) is 1. The molecule has 0 saturated heterocycles. The summed E-state index contributed by atoms with van der Waals surface area (Å²) in [7, 11) is 0. The summed E-state index contributed by atoms with van der Waals surface area (Å²) in [6, 6.07) is 9.58. The molecule has 1 aromatic heterocycles. The van der Waals surface area contributed by atoms with E-state index in [0.29, 0.717) is 6.42 Å². The Kier molecular flexibility index (Phi) is 3.92. The van der Waals surface area contributed by atoms with Crippen molar-refractivity contribution in [3.8, 4) is 0 Å². The van der Waals surface area contributed by atoms with Crippen LogP contribution in [-0.4, -0.2) is 16.1 Å². The normalized spacial score (nSPS) is 12.5. The molecule has 0 radical (unpaired) electrons. The monoisotopic (exact) mass is 243 g/mol. The lowest BCUT2D eigenvalue weighted by atomic mass is 9.92. The van der Waals surface area contributed by atoms with Gasteiger partial charge in [0, 0.05) is 11.6 Å². The van der Waals surface area contributed by atoms with Crippen LogP contribution in [0, 0.1) is 0 Å². The Morgan fingerprint density at radius 1 is 1.33 bits per heavy atom. The molecular formula is C15H17NO2. The number of fused-ring (bicyclic) bond motifs is 1. The molecule has 1 heterocycles. The van der Waals surface area contributed by atoms with Crippen molar-refractivity contribution in [3.63, 3.8) is 0 Å². The maximum atomic E-state index is 11.4. The lowest BCUT2D eigenvalue weighted by Gasteiger charge is -2.14. The number of benzene rings is 1. The summed E-state index contributed by atoms with van der Waals surface area (Å²) in [4.78, 5) is 15.8. The van der Waals surface area contributed by atoms with Crippen LogP contribution in [0.1, 0.15) is 37.7 Å². The second kappa shape index (κ2) is 5.63. The number of aliphatic carboxylic acids is 1. The third-order valence-corrected chi connectivity index (χ3v) is 3.18. The predicted octanol–water partition coefficient (Wildman–Crippen LogP) is 3.59. The summed E-state index contributed by atoms with van der Waals surface area (Å²) < 4.78 is 0. The van der Waals surface area contributed by atoms with Crippen LogP contribution in [0.4, 0.5) is 0 Å². The maximum absolute atomic E-state index is 11.4. The third kappa shape index (κ3) is 2.50. The summed E-state index contributed by atoms with van der Waals surface area (Å²) in [6.07, 6.45) is 4.30. The molecule has 0 fully saturated rings. The molecule has 2 aromatic rings. The van der Waals surface area contributed by atoms with Crippen molar-refractivity contribution in [2.75, 3.05) is 0 Å². The van der Waals surface area contributed by atoms with Gasteiger partial charge in [-0.25, -0.2) is 0 Å². The van der Waals surface area contributed by atoms with Gasteiger partial charge >= 0.3 is 5.97 Å². The van der Waals surface area contributed by atoms with Crippen LogP contribution in [-0.2, 0) is 4.79 Å². The number of carboxylic acids is 1. The highest BCUT2D eigenvalue weighted by Gasteiger charge is 2.21. The smallest absolute Gasteiger partial charge is 0.311 e. The van der Waals surface area contributed by atoms with Gasteiger partial charge in [-0.3, -0.25) is 9.78 Å². The van der Waals surface area contributed by atoms with Gasteiger partial charge in [0.1, 0.15) is 0 Å². The minimum absolute atomic E-state index is 0.455. The van der Waals surface area contributed by atoms with Crippen molar-refractivity contribution in [2.24, 2.45) is 0 Å². The molecule has 1 N–H and O–H groups in total. The van der Waals surface area contributed by atoms with Gasteiger partial charge in [-0.2, -0.15) is 0 Å². The summed E-state index contributed by atoms with van der Waals surface area (Å²) in [5, 5.41) is 10.4. The van der Waals surface area contributed by atoms with Gasteiger partial charge in [0.2, 0.25) is 0 Å². The zero-order valence-corrected chi connectivity index (χ0v) is 10.5. The van der Waals surface area contributed by atoms with Gasteiger partial charge in [0.15, 0.2) is 0 Å². The van der Waals surface area contributed by atoms with Crippen LogP contribution in [0.5, 0.6) is 0 Å². The van der Waals surface area contributed by atoms with Crippen LogP contribution in [0.2, 0.25) is 0 Å². The number of hydrogen-bond acceptors (Lipinski definition) is 2. The van der Waals surface area contributed by atoms with Gasteiger partial charge in [-0.05, 0) is 18.1 Å². The Bertz CT molecular complexity index is 546. The average Bonchev–Trinajstić information content (AvgIpc) is 2.39. The van der Waals surface area contributed by atoms with Crippen molar-refractivity contribution < 1.29 is 9.90 Å². The first-order valence-corrected chi connectivity index (χ1v) is 6.30. The maximum Gasteiger partial charge on any atom is 0.311 e. The Labute approximate surface area is 106 Å². The zero-order valence-electron chi connectivity index (χ0n) is 10.5. The first-order valence-electron chi connectivity index (χ1n) is 6.30. The molecule has 1 aromatic carbocycles. The van der Waals surface area contributed by atoms with Gasteiger partial charge in [-0.15, -0.1) is 0 Å². The largest absolute Gasteiger partial charge is 0.481 e. The molecule has 0 bridgehead atoms. The Morgan fingerprint density at radius 3 is 2.83 bits per heavy atom. The molecule has 2 rings (SSSR count). The average molecular weight is 243 g/mol. The fourth-order valence-corrected chi connectivity index (χ4v) is 2.23. The second-order valence-electron chi connectivity index (χ2n) is 4.46. The minimum atomic E-state index is -0.762. The number of para-hydroxylation sites is 1. The molecular weight excluding hydrogens is 226 g/mol. The topological polar surface area (TPSA) is 50.2 Å². The van der Waals surface area contributed by atoms with E-state index in [1.807, 2.05) is 30.3 Å². The van der Waals surface area contributed by atoms with Crippen LogP contribution in [0.3, 0.4) is 0 Å². The summed E-state index contributed by atoms with van der Waals surface area (Å²) in [5.74, 6) is -1.22. The number of nitrogens with zero attached hydrogens (tertiary/aromatic N) is 1. The standard InChI is InChI=1S/C15H17NO2/c1-2-3-8-13(15(17)18)12-9-4-6-11-7-5-10-16-14(11)12/h4-7,9-10,13H,2-3,8H2,1H3,(H,17,18). The first-order chi connectivity index (χ1) is 8.74. The summed E-state index contributed by atoms with van der Waals surface area (Å²) in [6.45, 7) is 2.07. The van der Waals surface area contributed by atoms with E-state index in [2.05, 4.69) is 11.9 Å². The van der Waals surface area contributed by atoms with Gasteiger partial charge in [0.25, 0.3) is 0 Å². The van der Waals surface area contributed by atoms with Crippen molar-refractivity contribution in [1.82, 2.24) is 4.98 Å². The van der Waals surface area contributed by atoms with Crippen LogP contribution in [0.25, 0.3) is 10.9 Å². The summed E-state index contributed by atoms with van der Waals surface area (Å²) in [5.41, 5.74) is 1.64. The molecule has 0 aliphatic rings. The number of hydrogen-bond donors (Lipinski definition) is 1. The summed E-state index contributed by atoms with van der Waals surface area (Å²) >= 11 is 0. The quantitative estimate of drug-likeness (QED) is 0.873. The highest BCUT2D eigenvalue weighted by atomic mass is 16.4. The van der Waals surface area contributed by atoms with E-state index in [1.54, 1.807) is 6.20 Å². The fourth-order valence-electron chi connectivity index (χ4n) is 2.23. The van der Waals surface area contributed by atoms with Crippen LogP contribution in [0.15, 0.2) is 36.5 Å². The molecule has 3 heteroatoms. The van der Waals surface area contributed by atoms with E-state index in [4.69, 9.17) is 0 Å². The van der Waals surface area contributed by atoms with Crippen molar-refractivity contribution in [2.45, 2.75) is 32.1 Å². The van der Waals surface area contributed by atoms with Crippen molar-refractivity contribution in [3.05, 3.63) is 42.1 Å². The van der Waals surface area contributed by atoms with Crippen LogP contribution >= 0.6 is 0 Å². The lowest BCUT2D eigenvalue weighted by molar-refractivity contribution is -0.139. The molecule has 3 nitrogen and oxygen atoms in total. The molecule has 0 saturated carbocycles. The Hall–Kier alpha value is -1.90.